The van der Waals surface area contributed by atoms with Crippen molar-refractivity contribution >= 4 is 22.7 Å². The van der Waals surface area contributed by atoms with Crippen LogP contribution in [0.1, 0.15) is 10.5 Å². The number of benzene rings is 1. The lowest BCUT2D eigenvalue weighted by molar-refractivity contribution is -0.120. The molecule has 7 nitrogen and oxygen atoms in total. The average Bonchev–Trinajstić information content (AvgIpc) is 2.96. The highest BCUT2D eigenvalue weighted by molar-refractivity contribution is 6.03. The molecule has 0 aliphatic carbocycles. The van der Waals surface area contributed by atoms with Crippen LogP contribution in [0.4, 0.5) is 4.39 Å². The third kappa shape index (κ3) is 2.94. The van der Waals surface area contributed by atoms with Gasteiger partial charge in [0.25, 0.3) is 11.5 Å². The largest absolute Gasteiger partial charge is 0.347 e. The standard InChI is InChI=1S/C16H13FN4O3/c1-20-6-2-3-13(20)15(23)19-14(22)8-21-9-18-12-7-10(17)4-5-11(12)16(21)24/h2-7,9H,8H2,1H3,(H,19,22,23). The molecule has 3 rings (SSSR count). The summed E-state index contributed by atoms with van der Waals surface area (Å²) in [4.78, 5) is 40.2. The molecule has 1 aromatic carbocycles. The van der Waals surface area contributed by atoms with E-state index in [1.807, 2.05) is 0 Å². The van der Waals surface area contributed by atoms with Crippen molar-refractivity contribution in [1.82, 2.24) is 19.4 Å². The Bertz CT molecular complexity index is 1010. The summed E-state index contributed by atoms with van der Waals surface area (Å²) in [6.45, 7) is -0.366. The molecule has 0 aliphatic rings. The zero-order valence-corrected chi connectivity index (χ0v) is 12.7. The van der Waals surface area contributed by atoms with E-state index < -0.39 is 23.2 Å². The van der Waals surface area contributed by atoms with Gasteiger partial charge in [0.2, 0.25) is 5.91 Å². The highest BCUT2D eigenvalue weighted by atomic mass is 19.1. The second-order valence-electron chi connectivity index (χ2n) is 5.22. The summed E-state index contributed by atoms with van der Waals surface area (Å²) < 4.78 is 15.8. The first-order chi connectivity index (χ1) is 11.5. The summed E-state index contributed by atoms with van der Waals surface area (Å²) in [7, 11) is 1.68. The third-order valence-corrected chi connectivity index (χ3v) is 3.53. The monoisotopic (exact) mass is 328 g/mol. The van der Waals surface area contributed by atoms with Crippen molar-refractivity contribution in [3.05, 3.63) is 64.7 Å². The molecule has 0 aliphatic heterocycles. The molecule has 24 heavy (non-hydrogen) atoms. The van der Waals surface area contributed by atoms with Gasteiger partial charge in [0, 0.05) is 19.3 Å². The summed E-state index contributed by atoms with van der Waals surface area (Å²) in [6.07, 6.45) is 2.83. The minimum atomic E-state index is -0.647. The Balaban J connectivity index is 1.80. The SMILES string of the molecule is Cn1cccc1C(=O)NC(=O)Cn1cnc2cc(F)ccc2c1=O. The Kier molecular flexibility index (Phi) is 3.95. The van der Waals surface area contributed by atoms with Gasteiger partial charge in [-0.3, -0.25) is 24.3 Å². The van der Waals surface area contributed by atoms with Gasteiger partial charge in [-0.2, -0.15) is 0 Å². The summed E-state index contributed by atoms with van der Waals surface area (Å²) >= 11 is 0. The minimum Gasteiger partial charge on any atom is -0.347 e. The molecule has 122 valence electrons. The molecule has 0 saturated heterocycles. The van der Waals surface area contributed by atoms with Crippen molar-refractivity contribution in [3.8, 4) is 0 Å². The number of halogens is 1. The van der Waals surface area contributed by atoms with Crippen molar-refractivity contribution in [2.75, 3.05) is 0 Å². The predicted octanol–water partition coefficient (Wildman–Crippen LogP) is 0.831. The van der Waals surface area contributed by atoms with Gasteiger partial charge in [0.1, 0.15) is 18.1 Å². The smallest absolute Gasteiger partial charge is 0.274 e. The topological polar surface area (TPSA) is 86.0 Å². The molecule has 8 heteroatoms. The second-order valence-corrected chi connectivity index (χ2v) is 5.22. The van der Waals surface area contributed by atoms with Crippen molar-refractivity contribution < 1.29 is 14.0 Å². The van der Waals surface area contributed by atoms with Gasteiger partial charge in [-0.1, -0.05) is 0 Å². The van der Waals surface area contributed by atoms with Gasteiger partial charge in [-0.15, -0.1) is 0 Å². The van der Waals surface area contributed by atoms with Crippen LogP contribution < -0.4 is 10.9 Å². The minimum absolute atomic E-state index is 0.195. The van der Waals surface area contributed by atoms with E-state index in [1.165, 1.54) is 6.07 Å². The highest BCUT2D eigenvalue weighted by Gasteiger charge is 2.14. The number of carbonyl (C=O) groups excluding carboxylic acids is 2. The number of imide groups is 1. The molecule has 0 spiro atoms. The van der Waals surface area contributed by atoms with Crippen molar-refractivity contribution in [2.45, 2.75) is 6.54 Å². The molecule has 1 N–H and O–H groups in total. The normalized spacial score (nSPS) is 10.8. The molecule has 0 atom stereocenters. The quantitative estimate of drug-likeness (QED) is 0.772. The van der Waals surface area contributed by atoms with E-state index in [4.69, 9.17) is 0 Å². The predicted molar refractivity (Wildman–Crippen MR) is 83.8 cm³/mol. The molecule has 2 aromatic heterocycles. The van der Waals surface area contributed by atoms with Gasteiger partial charge in [-0.25, -0.2) is 9.37 Å². The number of hydrogen-bond donors (Lipinski definition) is 1. The molecular formula is C16H13FN4O3. The number of aryl methyl sites for hydroxylation is 1. The summed E-state index contributed by atoms with van der Waals surface area (Å²) in [5.41, 5.74) is 0.0424. The number of nitrogens with one attached hydrogen (secondary N) is 1. The van der Waals surface area contributed by atoms with Crippen LogP contribution in [0.2, 0.25) is 0 Å². The molecule has 0 fully saturated rings. The third-order valence-electron chi connectivity index (χ3n) is 3.53. The number of fused-ring (bicyclic) bond motifs is 1. The first kappa shape index (κ1) is 15.6. The van der Waals surface area contributed by atoms with E-state index in [0.29, 0.717) is 5.69 Å². The Morgan fingerprint density at radius 3 is 2.79 bits per heavy atom. The van der Waals surface area contributed by atoms with Crippen LogP contribution in [0.5, 0.6) is 0 Å². The Hall–Kier alpha value is -3.29. The van der Waals surface area contributed by atoms with Gasteiger partial charge >= 0.3 is 0 Å². The first-order valence-electron chi connectivity index (χ1n) is 7.06. The van der Waals surface area contributed by atoms with Crippen LogP contribution in [-0.4, -0.2) is 25.9 Å². The maximum Gasteiger partial charge on any atom is 0.274 e. The van der Waals surface area contributed by atoms with Crippen molar-refractivity contribution in [3.63, 3.8) is 0 Å². The summed E-state index contributed by atoms with van der Waals surface area (Å²) in [5, 5.41) is 2.40. The van der Waals surface area contributed by atoms with E-state index >= 15 is 0 Å². The van der Waals surface area contributed by atoms with E-state index in [-0.39, 0.29) is 17.4 Å². The molecule has 0 saturated carbocycles. The van der Waals surface area contributed by atoms with Gasteiger partial charge in [0.15, 0.2) is 0 Å². The second kappa shape index (κ2) is 6.07. The molecule has 0 unspecified atom stereocenters. The molecule has 2 amide bonds. The first-order valence-corrected chi connectivity index (χ1v) is 7.06. The number of carbonyl (C=O) groups is 2. The van der Waals surface area contributed by atoms with Gasteiger partial charge in [0.05, 0.1) is 17.2 Å². The lowest BCUT2D eigenvalue weighted by Crippen LogP contribution is -2.36. The van der Waals surface area contributed by atoms with Crippen molar-refractivity contribution in [2.24, 2.45) is 7.05 Å². The van der Waals surface area contributed by atoms with E-state index in [0.717, 1.165) is 23.0 Å². The average molecular weight is 328 g/mol. The fourth-order valence-corrected chi connectivity index (χ4v) is 2.33. The number of amides is 2. The molecule has 3 aromatic rings. The molecule has 0 bridgehead atoms. The summed E-state index contributed by atoms with van der Waals surface area (Å²) in [6, 6.07) is 6.84. The van der Waals surface area contributed by atoms with Gasteiger partial charge < -0.3 is 4.57 Å². The maximum atomic E-state index is 13.1. The van der Waals surface area contributed by atoms with Crippen LogP contribution in [0.15, 0.2) is 47.7 Å². The Labute approximate surface area is 135 Å². The molecule has 0 radical (unpaired) electrons. The van der Waals surface area contributed by atoms with E-state index in [9.17, 15) is 18.8 Å². The zero-order valence-electron chi connectivity index (χ0n) is 12.7. The fourth-order valence-electron chi connectivity index (χ4n) is 2.33. The lowest BCUT2D eigenvalue weighted by atomic mass is 10.2. The number of hydrogen-bond acceptors (Lipinski definition) is 4. The van der Waals surface area contributed by atoms with Crippen LogP contribution >= 0.6 is 0 Å². The van der Waals surface area contributed by atoms with Gasteiger partial charge in [-0.05, 0) is 24.3 Å². The van der Waals surface area contributed by atoms with E-state index in [1.54, 1.807) is 29.9 Å². The number of aromatic nitrogens is 3. The zero-order chi connectivity index (χ0) is 17.3. The number of rotatable bonds is 3. The number of nitrogens with zero attached hydrogens (tertiary/aromatic N) is 3. The van der Waals surface area contributed by atoms with Crippen LogP contribution in [0, 0.1) is 5.82 Å². The Morgan fingerprint density at radius 1 is 1.29 bits per heavy atom. The van der Waals surface area contributed by atoms with Crippen molar-refractivity contribution in [1.29, 1.82) is 0 Å². The van der Waals surface area contributed by atoms with E-state index in [2.05, 4.69) is 10.3 Å². The maximum absolute atomic E-state index is 13.1. The molecular weight excluding hydrogens is 315 g/mol. The van der Waals surface area contributed by atoms with Crippen LogP contribution in [0.25, 0.3) is 10.9 Å². The lowest BCUT2D eigenvalue weighted by Gasteiger charge is -2.08. The van der Waals surface area contributed by atoms with Crippen LogP contribution in [-0.2, 0) is 18.4 Å². The van der Waals surface area contributed by atoms with Crippen LogP contribution in [0.3, 0.4) is 0 Å². The fraction of sp³-hybridized carbons (Fsp3) is 0.125. The highest BCUT2D eigenvalue weighted by Crippen LogP contribution is 2.08. The summed E-state index contributed by atoms with van der Waals surface area (Å²) in [5.74, 6) is -1.71. The Morgan fingerprint density at radius 2 is 2.08 bits per heavy atom. The molecule has 2 heterocycles.